The summed E-state index contributed by atoms with van der Waals surface area (Å²) in [6.07, 6.45) is 11.3. The Morgan fingerprint density at radius 2 is 2.21 bits per heavy atom. The molecule has 1 unspecified atom stereocenters. The van der Waals surface area contributed by atoms with Crippen LogP contribution >= 0.6 is 0 Å². The Morgan fingerprint density at radius 1 is 1.25 bits per heavy atom. The second-order valence-electron chi connectivity index (χ2n) is 7.22. The maximum atomic E-state index is 5.03. The molecule has 5 rings (SSSR count). The molecule has 144 valence electrons. The molecule has 5 heterocycles. The number of hydrazine groups is 1. The molecule has 3 N–H and O–H groups in total. The lowest BCUT2D eigenvalue weighted by Crippen LogP contribution is -2.29. The summed E-state index contributed by atoms with van der Waals surface area (Å²) in [6, 6.07) is 2.09. The Hall–Kier alpha value is -3.04. The zero-order valence-corrected chi connectivity index (χ0v) is 15.8. The number of hydrogen-bond donors (Lipinski definition) is 3. The third-order valence-electron chi connectivity index (χ3n) is 5.24. The lowest BCUT2D eigenvalue weighted by atomic mass is 9.96. The molecule has 0 saturated carbocycles. The molecule has 3 aromatic rings. The van der Waals surface area contributed by atoms with E-state index in [9.17, 15) is 0 Å². The third kappa shape index (κ3) is 3.19. The zero-order valence-electron chi connectivity index (χ0n) is 15.8. The minimum atomic E-state index is 0.391. The third-order valence-corrected chi connectivity index (χ3v) is 5.24. The van der Waals surface area contributed by atoms with Gasteiger partial charge in [0.05, 0.1) is 18.1 Å². The Bertz CT molecular complexity index is 1000. The Kier molecular flexibility index (Phi) is 4.38. The number of aromatic nitrogens is 5. The molecular weight excluding hydrogens is 354 g/mol. The van der Waals surface area contributed by atoms with Crippen LogP contribution < -0.4 is 16.1 Å². The summed E-state index contributed by atoms with van der Waals surface area (Å²) in [6.45, 7) is 2.79. The second kappa shape index (κ2) is 7.17. The molecule has 1 atom stereocenters. The molecule has 0 bridgehead atoms. The molecule has 2 aliphatic rings. The highest BCUT2D eigenvalue weighted by atomic mass is 15.5. The van der Waals surface area contributed by atoms with Gasteiger partial charge in [0, 0.05) is 56.3 Å². The summed E-state index contributed by atoms with van der Waals surface area (Å²) in [5.41, 5.74) is 7.44. The molecule has 0 radical (unpaired) electrons. The van der Waals surface area contributed by atoms with E-state index >= 15 is 0 Å². The Balaban J connectivity index is 1.62. The molecular formula is C19H23N9. The predicted octanol–water partition coefficient (Wildman–Crippen LogP) is 1.52. The van der Waals surface area contributed by atoms with Crippen molar-refractivity contribution in [2.45, 2.75) is 18.8 Å². The van der Waals surface area contributed by atoms with Gasteiger partial charge in [-0.1, -0.05) is 0 Å². The largest absolute Gasteiger partial charge is 0.323 e. The van der Waals surface area contributed by atoms with Crippen molar-refractivity contribution in [3.8, 4) is 0 Å². The van der Waals surface area contributed by atoms with E-state index in [4.69, 9.17) is 4.98 Å². The van der Waals surface area contributed by atoms with Crippen LogP contribution in [0.2, 0.25) is 0 Å². The lowest BCUT2D eigenvalue weighted by Gasteiger charge is -2.23. The fourth-order valence-corrected chi connectivity index (χ4v) is 3.81. The van der Waals surface area contributed by atoms with Crippen molar-refractivity contribution in [3.05, 3.63) is 48.3 Å². The van der Waals surface area contributed by atoms with E-state index < -0.39 is 0 Å². The number of rotatable bonds is 4. The van der Waals surface area contributed by atoms with Crippen molar-refractivity contribution >= 4 is 22.9 Å². The number of piperidine rings is 1. The van der Waals surface area contributed by atoms with Gasteiger partial charge >= 0.3 is 0 Å². The molecule has 9 heteroatoms. The van der Waals surface area contributed by atoms with E-state index in [1.807, 2.05) is 22.8 Å². The number of nitrogens with one attached hydrogen (secondary N) is 3. The maximum Gasteiger partial charge on any atom is 0.165 e. The normalized spacial score (nSPS) is 19.8. The van der Waals surface area contributed by atoms with Gasteiger partial charge < -0.3 is 15.6 Å². The summed E-state index contributed by atoms with van der Waals surface area (Å²) < 4.78 is 1.85. The van der Waals surface area contributed by atoms with Crippen LogP contribution in [0.25, 0.3) is 11.2 Å². The van der Waals surface area contributed by atoms with Crippen LogP contribution in [0.5, 0.6) is 0 Å². The van der Waals surface area contributed by atoms with E-state index in [1.54, 1.807) is 18.6 Å². The first kappa shape index (κ1) is 17.1. The monoisotopic (exact) mass is 377 g/mol. The highest BCUT2D eigenvalue weighted by molar-refractivity contribution is 5.78. The average molecular weight is 377 g/mol. The van der Waals surface area contributed by atoms with E-state index in [2.05, 4.69) is 43.4 Å². The average Bonchev–Trinajstić information content (AvgIpc) is 3.35. The van der Waals surface area contributed by atoms with Gasteiger partial charge in [0.1, 0.15) is 11.6 Å². The van der Waals surface area contributed by atoms with Crippen LogP contribution in [0.1, 0.15) is 30.0 Å². The van der Waals surface area contributed by atoms with Gasteiger partial charge in [0.2, 0.25) is 0 Å². The van der Waals surface area contributed by atoms with Gasteiger partial charge in [-0.15, -0.1) is 0 Å². The fraction of sp³-hybridized carbons (Fsp3) is 0.368. The SMILES string of the molecule is CN1C=C(c2cnn3c(Nc4cnccn4)cc(C4CCCNC4)nc23)CN1. The molecule has 28 heavy (non-hydrogen) atoms. The van der Waals surface area contributed by atoms with Gasteiger partial charge in [0.15, 0.2) is 5.65 Å². The maximum absolute atomic E-state index is 5.03. The van der Waals surface area contributed by atoms with Gasteiger partial charge in [0.25, 0.3) is 0 Å². The molecule has 1 saturated heterocycles. The lowest BCUT2D eigenvalue weighted by molar-refractivity contribution is 0.374. The van der Waals surface area contributed by atoms with Crippen LogP contribution in [-0.2, 0) is 0 Å². The molecule has 0 spiro atoms. The van der Waals surface area contributed by atoms with Crippen molar-refractivity contribution in [3.63, 3.8) is 0 Å². The van der Waals surface area contributed by atoms with Crippen LogP contribution in [0.4, 0.5) is 11.6 Å². The van der Waals surface area contributed by atoms with Gasteiger partial charge in [-0.3, -0.25) is 4.98 Å². The minimum Gasteiger partial charge on any atom is -0.323 e. The zero-order chi connectivity index (χ0) is 18.9. The summed E-state index contributed by atoms with van der Waals surface area (Å²) in [5.74, 6) is 1.92. The first-order valence-corrected chi connectivity index (χ1v) is 9.58. The first-order chi connectivity index (χ1) is 13.8. The van der Waals surface area contributed by atoms with E-state index in [1.165, 1.54) is 5.57 Å². The highest BCUT2D eigenvalue weighted by Crippen LogP contribution is 2.29. The summed E-state index contributed by atoms with van der Waals surface area (Å²) >= 11 is 0. The smallest absolute Gasteiger partial charge is 0.165 e. The van der Waals surface area contributed by atoms with Crippen LogP contribution in [0, 0.1) is 0 Å². The van der Waals surface area contributed by atoms with Crippen molar-refractivity contribution in [1.82, 2.24) is 40.3 Å². The Labute approximate surface area is 162 Å². The second-order valence-corrected chi connectivity index (χ2v) is 7.22. The van der Waals surface area contributed by atoms with Gasteiger partial charge in [-0.05, 0) is 25.0 Å². The van der Waals surface area contributed by atoms with Crippen LogP contribution in [0.15, 0.2) is 37.1 Å². The van der Waals surface area contributed by atoms with E-state index in [0.29, 0.717) is 11.7 Å². The van der Waals surface area contributed by atoms with Crippen LogP contribution in [-0.4, -0.2) is 56.3 Å². The summed E-state index contributed by atoms with van der Waals surface area (Å²) in [4.78, 5) is 13.5. The van der Waals surface area contributed by atoms with Crippen LogP contribution in [0.3, 0.4) is 0 Å². The molecule has 2 aliphatic heterocycles. The summed E-state index contributed by atoms with van der Waals surface area (Å²) in [5, 5.41) is 13.4. The van der Waals surface area contributed by atoms with Crippen molar-refractivity contribution in [1.29, 1.82) is 0 Å². The topological polar surface area (TPSA) is 95.3 Å². The fourth-order valence-electron chi connectivity index (χ4n) is 3.81. The van der Waals surface area contributed by atoms with Gasteiger partial charge in [-0.2, -0.15) is 9.61 Å². The molecule has 0 amide bonds. The number of hydrogen-bond acceptors (Lipinski definition) is 8. The molecule has 0 aromatic carbocycles. The standard InChI is InChI=1S/C19H23N9/c1-27-12-14(9-23-27)15-10-24-28-18(26-17-11-21-5-6-22-17)7-16(25-19(15)28)13-3-2-4-20-8-13/h5-7,10-13,20,23H,2-4,8-9H2,1H3,(H,22,26). The van der Waals surface area contributed by atoms with Crippen molar-refractivity contribution in [2.75, 3.05) is 32.0 Å². The Morgan fingerprint density at radius 3 is 2.96 bits per heavy atom. The summed E-state index contributed by atoms with van der Waals surface area (Å²) in [7, 11) is 1.99. The molecule has 1 fully saturated rings. The number of nitrogens with zero attached hydrogens (tertiary/aromatic N) is 6. The number of fused-ring (bicyclic) bond motifs is 1. The first-order valence-electron chi connectivity index (χ1n) is 9.58. The number of anilines is 2. The van der Waals surface area contributed by atoms with Crippen molar-refractivity contribution in [2.24, 2.45) is 0 Å². The minimum absolute atomic E-state index is 0.391. The van der Waals surface area contributed by atoms with Crippen molar-refractivity contribution < 1.29 is 0 Å². The quantitative estimate of drug-likeness (QED) is 0.630. The molecule has 3 aromatic heterocycles. The molecule has 0 aliphatic carbocycles. The van der Waals surface area contributed by atoms with E-state index in [-0.39, 0.29) is 0 Å². The predicted molar refractivity (Wildman–Crippen MR) is 107 cm³/mol. The molecule has 9 nitrogen and oxygen atoms in total. The van der Waals surface area contributed by atoms with E-state index in [0.717, 1.165) is 55.2 Å². The highest BCUT2D eigenvalue weighted by Gasteiger charge is 2.22. The van der Waals surface area contributed by atoms with Gasteiger partial charge in [-0.25, -0.2) is 15.4 Å².